The molecular formula is C26H35N3O4S. The Labute approximate surface area is 203 Å². The van der Waals surface area contributed by atoms with Crippen molar-refractivity contribution < 1.29 is 17.9 Å². The molecule has 2 heterocycles. The summed E-state index contributed by atoms with van der Waals surface area (Å²) < 4.78 is 32.2. The molecule has 0 spiro atoms. The van der Waals surface area contributed by atoms with Crippen molar-refractivity contribution >= 4 is 21.6 Å². The summed E-state index contributed by atoms with van der Waals surface area (Å²) in [4.78, 5) is 15.3. The van der Waals surface area contributed by atoms with E-state index in [2.05, 4.69) is 40.5 Å². The van der Waals surface area contributed by atoms with Gasteiger partial charge in [0.15, 0.2) is 0 Å². The van der Waals surface area contributed by atoms with Crippen LogP contribution in [-0.4, -0.2) is 69.0 Å². The second-order valence-electron chi connectivity index (χ2n) is 9.21. The predicted molar refractivity (Wildman–Crippen MR) is 133 cm³/mol. The molecule has 0 saturated carbocycles. The van der Waals surface area contributed by atoms with E-state index in [1.807, 2.05) is 6.92 Å². The van der Waals surface area contributed by atoms with Crippen LogP contribution in [0.25, 0.3) is 0 Å². The molecule has 2 aliphatic rings. The molecule has 8 heteroatoms. The first-order chi connectivity index (χ1) is 16.4. The van der Waals surface area contributed by atoms with Gasteiger partial charge in [0, 0.05) is 18.8 Å². The fourth-order valence-corrected chi connectivity index (χ4v) is 6.11. The average molecular weight is 486 g/mol. The van der Waals surface area contributed by atoms with E-state index in [1.54, 1.807) is 24.3 Å². The maximum Gasteiger partial charge on any atom is 0.243 e. The smallest absolute Gasteiger partial charge is 0.243 e. The first kappa shape index (κ1) is 24.9. The number of ether oxygens (including phenoxy) is 1. The lowest BCUT2D eigenvalue weighted by molar-refractivity contribution is -0.121. The normalized spacial score (nSPS) is 19.6. The number of hydrogen-bond acceptors (Lipinski definition) is 5. The maximum absolute atomic E-state index is 12.8. The van der Waals surface area contributed by atoms with Crippen molar-refractivity contribution in [2.24, 2.45) is 5.92 Å². The zero-order chi connectivity index (χ0) is 24.0. The highest BCUT2D eigenvalue weighted by atomic mass is 32.2. The van der Waals surface area contributed by atoms with Gasteiger partial charge in [-0.05, 0) is 81.4 Å². The highest BCUT2D eigenvalue weighted by Crippen LogP contribution is 2.24. The summed E-state index contributed by atoms with van der Waals surface area (Å²) in [5.74, 6) is 0.638. The molecule has 2 aliphatic heterocycles. The lowest BCUT2D eigenvalue weighted by Crippen LogP contribution is -2.46. The van der Waals surface area contributed by atoms with Gasteiger partial charge in [0.1, 0.15) is 0 Å². The molecule has 2 aromatic carbocycles. The van der Waals surface area contributed by atoms with Gasteiger partial charge in [0.25, 0.3) is 0 Å². The second-order valence-corrected chi connectivity index (χ2v) is 11.1. The molecule has 7 nitrogen and oxygen atoms in total. The van der Waals surface area contributed by atoms with Gasteiger partial charge in [0.05, 0.1) is 24.2 Å². The van der Waals surface area contributed by atoms with Gasteiger partial charge in [-0.25, -0.2) is 8.42 Å². The van der Waals surface area contributed by atoms with E-state index in [0.717, 1.165) is 32.4 Å². The molecule has 4 rings (SSSR count). The fourth-order valence-electron chi connectivity index (χ4n) is 4.70. The van der Waals surface area contributed by atoms with E-state index < -0.39 is 10.0 Å². The van der Waals surface area contributed by atoms with E-state index in [-0.39, 0.29) is 16.8 Å². The van der Waals surface area contributed by atoms with E-state index in [4.69, 9.17) is 4.74 Å². The van der Waals surface area contributed by atoms with Crippen molar-refractivity contribution in [2.45, 2.75) is 43.5 Å². The van der Waals surface area contributed by atoms with E-state index in [9.17, 15) is 13.2 Å². The highest BCUT2D eigenvalue weighted by molar-refractivity contribution is 7.89. The number of rotatable bonds is 8. The number of benzene rings is 2. The Morgan fingerprint density at radius 2 is 1.65 bits per heavy atom. The Hall–Kier alpha value is -2.26. The average Bonchev–Trinajstić information content (AvgIpc) is 2.89. The van der Waals surface area contributed by atoms with Crippen molar-refractivity contribution in [2.75, 3.05) is 44.7 Å². The van der Waals surface area contributed by atoms with Crippen LogP contribution in [0.1, 0.15) is 31.7 Å². The minimum atomic E-state index is -3.54. The number of amides is 1. The molecular weight excluding hydrogens is 450 g/mol. The number of sulfonamides is 1. The van der Waals surface area contributed by atoms with Gasteiger partial charge in [-0.15, -0.1) is 0 Å². The molecule has 0 radical (unpaired) electrons. The number of nitrogens with one attached hydrogen (secondary N) is 1. The van der Waals surface area contributed by atoms with Crippen molar-refractivity contribution in [3.8, 4) is 0 Å². The number of carbonyl (C=O) groups excluding carboxylic acids is 1. The molecule has 184 valence electrons. The molecule has 2 aromatic rings. The van der Waals surface area contributed by atoms with Crippen LogP contribution in [0.2, 0.25) is 0 Å². The second kappa shape index (κ2) is 11.4. The third-order valence-corrected chi connectivity index (χ3v) is 8.90. The summed E-state index contributed by atoms with van der Waals surface area (Å²) in [5.41, 5.74) is 2.00. The van der Waals surface area contributed by atoms with E-state index >= 15 is 0 Å². The van der Waals surface area contributed by atoms with Crippen LogP contribution < -0.4 is 5.32 Å². The Kier molecular flexibility index (Phi) is 8.37. The molecule has 0 unspecified atom stereocenters. The van der Waals surface area contributed by atoms with Gasteiger partial charge >= 0.3 is 0 Å². The minimum Gasteiger partial charge on any atom is -0.379 e. The molecule has 0 bridgehead atoms. The van der Waals surface area contributed by atoms with Crippen molar-refractivity contribution in [1.82, 2.24) is 9.21 Å². The summed E-state index contributed by atoms with van der Waals surface area (Å²) in [5, 5.41) is 2.95. The summed E-state index contributed by atoms with van der Waals surface area (Å²) in [6.07, 6.45) is 4.52. The van der Waals surface area contributed by atoms with E-state index in [1.165, 1.54) is 16.3 Å². The van der Waals surface area contributed by atoms with Crippen molar-refractivity contribution in [3.05, 3.63) is 60.2 Å². The number of carbonyl (C=O) groups is 1. The fraction of sp³-hybridized carbons (Fsp3) is 0.500. The number of nitrogens with zero attached hydrogens (tertiary/aromatic N) is 2. The molecule has 1 N–H and O–H groups in total. The Morgan fingerprint density at radius 1 is 1.00 bits per heavy atom. The number of anilines is 1. The van der Waals surface area contributed by atoms with E-state index in [0.29, 0.717) is 37.9 Å². The molecule has 0 aliphatic carbocycles. The predicted octanol–water partition coefficient (Wildman–Crippen LogP) is 3.38. The zero-order valence-corrected chi connectivity index (χ0v) is 20.7. The van der Waals surface area contributed by atoms with Crippen LogP contribution in [0.3, 0.4) is 0 Å². The van der Waals surface area contributed by atoms with Crippen LogP contribution in [0, 0.1) is 5.92 Å². The zero-order valence-electron chi connectivity index (χ0n) is 19.9. The van der Waals surface area contributed by atoms with Gasteiger partial charge in [-0.1, -0.05) is 30.3 Å². The first-order valence-electron chi connectivity index (χ1n) is 12.2. The summed E-state index contributed by atoms with van der Waals surface area (Å²) in [7, 11) is -3.54. The molecule has 1 amide bonds. The van der Waals surface area contributed by atoms with Crippen LogP contribution in [0.5, 0.6) is 0 Å². The van der Waals surface area contributed by atoms with Gasteiger partial charge in [-0.2, -0.15) is 4.31 Å². The highest BCUT2D eigenvalue weighted by Gasteiger charge is 2.28. The Morgan fingerprint density at radius 3 is 2.29 bits per heavy atom. The third-order valence-electron chi connectivity index (χ3n) is 6.99. The molecule has 2 fully saturated rings. The third kappa shape index (κ3) is 6.24. The lowest BCUT2D eigenvalue weighted by Gasteiger charge is -2.35. The number of morpholine rings is 1. The Bertz CT molecular complexity index is 1030. The summed E-state index contributed by atoms with van der Waals surface area (Å²) >= 11 is 0. The van der Waals surface area contributed by atoms with Gasteiger partial charge in [0.2, 0.25) is 15.9 Å². The number of hydrogen-bond donors (Lipinski definition) is 1. The van der Waals surface area contributed by atoms with Crippen LogP contribution in [0.4, 0.5) is 5.69 Å². The number of aryl methyl sites for hydroxylation is 1. The van der Waals surface area contributed by atoms with Crippen molar-refractivity contribution in [3.63, 3.8) is 0 Å². The topological polar surface area (TPSA) is 79.0 Å². The molecule has 2 saturated heterocycles. The summed E-state index contributed by atoms with van der Waals surface area (Å²) in [6.45, 7) is 5.33. The number of piperidine rings is 1. The largest absolute Gasteiger partial charge is 0.379 e. The molecule has 0 aromatic heterocycles. The quantitative estimate of drug-likeness (QED) is 0.620. The minimum absolute atomic E-state index is 0.0634. The van der Waals surface area contributed by atoms with Crippen LogP contribution >= 0.6 is 0 Å². The SMILES string of the molecule is C[C@@H](C(=O)Nc1ccc(S(=O)(=O)N2CCOCC2)cc1)N1CCC(CCc2ccccc2)CC1. The van der Waals surface area contributed by atoms with Crippen molar-refractivity contribution in [1.29, 1.82) is 0 Å². The van der Waals surface area contributed by atoms with Crippen LogP contribution in [0.15, 0.2) is 59.5 Å². The lowest BCUT2D eigenvalue weighted by atomic mass is 9.90. The molecule has 1 atom stereocenters. The standard InChI is InChI=1S/C26H35N3O4S/c1-21(28-15-13-23(14-16-28)8-7-22-5-3-2-4-6-22)26(30)27-24-9-11-25(12-10-24)34(31,32)29-17-19-33-20-18-29/h2-6,9-12,21,23H,7-8,13-20H2,1H3,(H,27,30)/t21-/m0/s1. The first-order valence-corrected chi connectivity index (χ1v) is 13.6. The van der Waals surface area contributed by atoms with Crippen LogP contribution in [-0.2, 0) is 26.0 Å². The van der Waals surface area contributed by atoms with Gasteiger partial charge < -0.3 is 10.1 Å². The Balaban J connectivity index is 1.25. The number of likely N-dealkylation sites (tertiary alicyclic amines) is 1. The summed E-state index contributed by atoms with van der Waals surface area (Å²) in [6, 6.07) is 16.8. The van der Waals surface area contributed by atoms with Gasteiger partial charge in [-0.3, -0.25) is 9.69 Å². The maximum atomic E-state index is 12.8. The molecule has 34 heavy (non-hydrogen) atoms. The monoisotopic (exact) mass is 485 g/mol.